The quantitative estimate of drug-likeness (QED) is 0.852. The highest BCUT2D eigenvalue weighted by Crippen LogP contribution is 2.24. The zero-order valence-electron chi connectivity index (χ0n) is 11.9. The minimum absolute atomic E-state index is 0.235. The first kappa shape index (κ1) is 13.6. The highest BCUT2D eigenvalue weighted by molar-refractivity contribution is 5.47. The summed E-state index contributed by atoms with van der Waals surface area (Å²) in [7, 11) is 3.95. The van der Waals surface area contributed by atoms with E-state index < -0.39 is 0 Å². The van der Waals surface area contributed by atoms with Gasteiger partial charge in [-0.3, -0.25) is 0 Å². The van der Waals surface area contributed by atoms with Crippen molar-refractivity contribution >= 4 is 5.69 Å². The first-order valence-corrected chi connectivity index (χ1v) is 6.82. The number of rotatable bonds is 5. The number of hydrogen-bond donors (Lipinski definition) is 2. The summed E-state index contributed by atoms with van der Waals surface area (Å²) in [6.45, 7) is 2.18. The second-order valence-electron chi connectivity index (χ2n) is 4.69. The molecule has 0 fully saturated rings. The molecular formula is C17H22N2. The van der Waals surface area contributed by atoms with Gasteiger partial charge >= 0.3 is 0 Å². The van der Waals surface area contributed by atoms with Crippen LogP contribution in [0.25, 0.3) is 0 Å². The van der Waals surface area contributed by atoms with Crippen molar-refractivity contribution in [2.45, 2.75) is 19.4 Å². The van der Waals surface area contributed by atoms with E-state index in [0.717, 1.165) is 12.1 Å². The van der Waals surface area contributed by atoms with Crippen LogP contribution in [0.1, 0.15) is 29.7 Å². The first-order valence-electron chi connectivity index (χ1n) is 6.82. The fourth-order valence-corrected chi connectivity index (χ4v) is 2.35. The molecule has 0 aromatic heterocycles. The molecule has 0 bridgehead atoms. The van der Waals surface area contributed by atoms with Crippen molar-refractivity contribution in [3.8, 4) is 0 Å². The second-order valence-corrected chi connectivity index (χ2v) is 4.69. The monoisotopic (exact) mass is 254 g/mol. The number of aryl methyl sites for hydroxylation is 1. The third-order valence-corrected chi connectivity index (χ3v) is 3.52. The van der Waals surface area contributed by atoms with Crippen LogP contribution in [-0.4, -0.2) is 14.1 Å². The molecule has 0 aliphatic rings. The maximum absolute atomic E-state index is 3.40. The van der Waals surface area contributed by atoms with Crippen LogP contribution in [0.5, 0.6) is 0 Å². The van der Waals surface area contributed by atoms with Gasteiger partial charge in [0.25, 0.3) is 0 Å². The molecule has 0 aliphatic carbocycles. The van der Waals surface area contributed by atoms with Crippen molar-refractivity contribution in [3.63, 3.8) is 0 Å². The van der Waals surface area contributed by atoms with E-state index in [2.05, 4.69) is 66.1 Å². The summed E-state index contributed by atoms with van der Waals surface area (Å²) >= 11 is 0. The van der Waals surface area contributed by atoms with E-state index in [0.29, 0.717) is 0 Å². The van der Waals surface area contributed by atoms with Gasteiger partial charge in [-0.05, 0) is 42.3 Å². The van der Waals surface area contributed by atoms with Crippen LogP contribution in [0.4, 0.5) is 5.69 Å². The molecule has 2 rings (SSSR count). The SMILES string of the molecule is CCc1ccc(C(NC)c2cccc(NC)c2)cc1. The molecule has 19 heavy (non-hydrogen) atoms. The van der Waals surface area contributed by atoms with Gasteiger partial charge in [-0.15, -0.1) is 0 Å². The molecule has 0 amide bonds. The molecule has 0 heterocycles. The van der Waals surface area contributed by atoms with Crippen LogP contribution < -0.4 is 10.6 Å². The summed E-state index contributed by atoms with van der Waals surface area (Å²) in [5.41, 5.74) is 5.09. The zero-order valence-corrected chi connectivity index (χ0v) is 11.9. The molecular weight excluding hydrogens is 232 g/mol. The Labute approximate surface area is 115 Å². The molecule has 1 atom stereocenters. The van der Waals surface area contributed by atoms with Crippen molar-refractivity contribution in [3.05, 3.63) is 65.2 Å². The molecule has 100 valence electrons. The fraction of sp³-hybridized carbons (Fsp3) is 0.294. The Morgan fingerprint density at radius 1 is 0.947 bits per heavy atom. The van der Waals surface area contributed by atoms with E-state index >= 15 is 0 Å². The van der Waals surface area contributed by atoms with Gasteiger partial charge in [0.15, 0.2) is 0 Å². The molecule has 0 radical (unpaired) electrons. The molecule has 2 N–H and O–H groups in total. The lowest BCUT2D eigenvalue weighted by molar-refractivity contribution is 0.692. The predicted octanol–water partition coefficient (Wildman–Crippen LogP) is 3.60. The van der Waals surface area contributed by atoms with Gasteiger partial charge in [-0.25, -0.2) is 0 Å². The number of benzene rings is 2. The summed E-state index contributed by atoms with van der Waals surface area (Å²) in [5.74, 6) is 0. The summed E-state index contributed by atoms with van der Waals surface area (Å²) < 4.78 is 0. The van der Waals surface area contributed by atoms with Gasteiger partial charge in [0.05, 0.1) is 6.04 Å². The summed E-state index contributed by atoms with van der Waals surface area (Å²) in [5, 5.41) is 6.58. The van der Waals surface area contributed by atoms with Crippen LogP contribution in [0.2, 0.25) is 0 Å². The lowest BCUT2D eigenvalue weighted by Gasteiger charge is -2.18. The summed E-state index contributed by atoms with van der Waals surface area (Å²) in [4.78, 5) is 0. The molecule has 1 unspecified atom stereocenters. The number of anilines is 1. The molecule has 2 aromatic carbocycles. The van der Waals surface area contributed by atoms with Gasteiger partial charge in [0.1, 0.15) is 0 Å². The number of nitrogens with one attached hydrogen (secondary N) is 2. The summed E-state index contributed by atoms with van der Waals surface area (Å²) in [6, 6.07) is 17.6. The Kier molecular flexibility index (Phi) is 4.58. The Hall–Kier alpha value is -1.80. The lowest BCUT2D eigenvalue weighted by atomic mass is 9.97. The second kappa shape index (κ2) is 6.39. The van der Waals surface area contributed by atoms with Crippen molar-refractivity contribution in [2.24, 2.45) is 0 Å². The van der Waals surface area contributed by atoms with Gasteiger partial charge in [0.2, 0.25) is 0 Å². The molecule has 2 heteroatoms. The zero-order chi connectivity index (χ0) is 13.7. The van der Waals surface area contributed by atoms with Gasteiger partial charge < -0.3 is 10.6 Å². The van der Waals surface area contributed by atoms with Crippen molar-refractivity contribution in [1.29, 1.82) is 0 Å². The smallest absolute Gasteiger partial charge is 0.0575 e. The minimum atomic E-state index is 0.235. The van der Waals surface area contributed by atoms with Crippen molar-refractivity contribution in [1.82, 2.24) is 5.32 Å². The van der Waals surface area contributed by atoms with Crippen LogP contribution in [0.3, 0.4) is 0 Å². The topological polar surface area (TPSA) is 24.1 Å². The van der Waals surface area contributed by atoms with Crippen molar-refractivity contribution in [2.75, 3.05) is 19.4 Å². The van der Waals surface area contributed by atoms with E-state index in [9.17, 15) is 0 Å². The first-order chi connectivity index (χ1) is 9.28. The third-order valence-electron chi connectivity index (χ3n) is 3.52. The van der Waals surface area contributed by atoms with Gasteiger partial charge in [-0.1, -0.05) is 43.3 Å². The molecule has 2 aromatic rings. The standard InChI is InChI=1S/C17H22N2/c1-4-13-8-10-14(11-9-13)17(19-3)15-6-5-7-16(12-15)18-2/h5-12,17-19H,4H2,1-3H3. The van der Waals surface area contributed by atoms with Crippen LogP contribution in [-0.2, 0) is 6.42 Å². The van der Waals surface area contributed by atoms with Gasteiger partial charge in [-0.2, -0.15) is 0 Å². The third kappa shape index (κ3) is 3.15. The average molecular weight is 254 g/mol. The highest BCUT2D eigenvalue weighted by atomic mass is 14.9. The Bertz CT molecular complexity index is 517. The minimum Gasteiger partial charge on any atom is -0.388 e. The molecule has 2 nitrogen and oxygen atoms in total. The van der Waals surface area contributed by atoms with Crippen LogP contribution in [0.15, 0.2) is 48.5 Å². The van der Waals surface area contributed by atoms with Crippen LogP contribution in [0, 0.1) is 0 Å². The maximum atomic E-state index is 3.40. The molecule has 0 saturated heterocycles. The average Bonchev–Trinajstić information content (AvgIpc) is 2.49. The van der Waals surface area contributed by atoms with Crippen LogP contribution >= 0.6 is 0 Å². The Morgan fingerprint density at radius 2 is 1.68 bits per heavy atom. The van der Waals surface area contributed by atoms with E-state index in [4.69, 9.17) is 0 Å². The van der Waals surface area contributed by atoms with Crippen molar-refractivity contribution < 1.29 is 0 Å². The van der Waals surface area contributed by atoms with Gasteiger partial charge in [0, 0.05) is 12.7 Å². The highest BCUT2D eigenvalue weighted by Gasteiger charge is 2.11. The van der Waals surface area contributed by atoms with E-state index in [1.807, 2.05) is 14.1 Å². The van der Waals surface area contributed by atoms with E-state index in [-0.39, 0.29) is 6.04 Å². The lowest BCUT2D eigenvalue weighted by Crippen LogP contribution is -2.17. The molecule has 0 aliphatic heterocycles. The Morgan fingerprint density at radius 3 is 2.26 bits per heavy atom. The number of hydrogen-bond acceptors (Lipinski definition) is 2. The maximum Gasteiger partial charge on any atom is 0.0575 e. The molecule has 0 saturated carbocycles. The fourth-order valence-electron chi connectivity index (χ4n) is 2.35. The predicted molar refractivity (Wildman–Crippen MR) is 82.7 cm³/mol. The normalized spacial score (nSPS) is 12.2. The summed E-state index contributed by atoms with van der Waals surface area (Å²) in [6.07, 6.45) is 1.08. The molecule has 0 spiro atoms. The van der Waals surface area contributed by atoms with E-state index in [1.54, 1.807) is 0 Å². The largest absolute Gasteiger partial charge is 0.388 e. The van der Waals surface area contributed by atoms with E-state index in [1.165, 1.54) is 16.7 Å². The Balaban J connectivity index is 2.31.